The number of carbonyl (C=O) groups is 1. The Morgan fingerprint density at radius 1 is 1.00 bits per heavy atom. The molecule has 0 radical (unpaired) electrons. The SMILES string of the molecule is CCC[CH2][Sn]([CH2]CCC)([CH2]CCC)[CH]1CCN(C(C)C)CN1C(=O)OC(C)(C)C. The van der Waals surface area contributed by atoms with Crippen molar-refractivity contribution in [1.82, 2.24) is 9.80 Å². The van der Waals surface area contributed by atoms with Crippen molar-refractivity contribution in [3.8, 4) is 0 Å². The molecule has 4 nitrogen and oxygen atoms in total. The van der Waals surface area contributed by atoms with E-state index in [0.29, 0.717) is 10.1 Å². The van der Waals surface area contributed by atoms with Gasteiger partial charge >= 0.3 is 186 Å². The van der Waals surface area contributed by atoms with Crippen molar-refractivity contribution in [2.24, 2.45) is 0 Å². The maximum absolute atomic E-state index is 13.4. The van der Waals surface area contributed by atoms with Crippen LogP contribution < -0.4 is 0 Å². The molecule has 1 saturated heterocycles. The number of hydrogen-bond donors (Lipinski definition) is 0. The Kier molecular flexibility index (Phi) is 11.9. The normalized spacial score (nSPS) is 19.1. The molecular formula is C24H50N2O2Sn. The number of unbranched alkanes of at least 4 members (excludes halogenated alkanes) is 3. The van der Waals surface area contributed by atoms with Crippen LogP contribution in [0.1, 0.15) is 100 Å². The Morgan fingerprint density at radius 2 is 1.48 bits per heavy atom. The van der Waals surface area contributed by atoms with Crippen molar-refractivity contribution >= 4 is 24.5 Å². The predicted octanol–water partition coefficient (Wildman–Crippen LogP) is 7.05. The number of hydrogen-bond acceptors (Lipinski definition) is 3. The van der Waals surface area contributed by atoms with Crippen LogP contribution in [0.3, 0.4) is 0 Å². The average Bonchev–Trinajstić information content (AvgIpc) is 2.66. The van der Waals surface area contributed by atoms with Gasteiger partial charge in [0.05, 0.1) is 0 Å². The van der Waals surface area contributed by atoms with Crippen molar-refractivity contribution in [3.63, 3.8) is 0 Å². The molecule has 1 unspecified atom stereocenters. The first kappa shape index (κ1) is 27.1. The number of rotatable bonds is 11. The standard InChI is InChI=1S/C12H23N2O2.3C4H9.Sn/c1-10(2)13-7-6-8-14(9-13)11(15)16-12(3,4)5;3*1-3-4-2;/h8,10H,6-7,9H2,1-5H3;3*1,3-4H2,2H3;. The number of amides is 1. The Hall–Kier alpha value is 0.0287. The molecule has 0 aromatic rings. The van der Waals surface area contributed by atoms with Gasteiger partial charge in [-0.15, -0.1) is 0 Å². The second-order valence-corrected chi connectivity index (χ2v) is 24.4. The molecule has 172 valence electrons. The summed E-state index contributed by atoms with van der Waals surface area (Å²) in [6, 6.07) is 0.465. The van der Waals surface area contributed by atoms with Gasteiger partial charge in [-0.25, -0.2) is 0 Å². The third-order valence-electron chi connectivity index (χ3n) is 6.55. The summed E-state index contributed by atoms with van der Waals surface area (Å²) in [7, 11) is 0. The van der Waals surface area contributed by atoms with Gasteiger partial charge in [0.1, 0.15) is 0 Å². The molecule has 5 heteroatoms. The molecule has 0 saturated carbocycles. The summed E-state index contributed by atoms with van der Waals surface area (Å²) in [5, 5.41) is 0. The first-order chi connectivity index (χ1) is 13.6. The Morgan fingerprint density at radius 3 is 1.86 bits per heavy atom. The predicted molar refractivity (Wildman–Crippen MR) is 128 cm³/mol. The molecule has 0 aliphatic carbocycles. The summed E-state index contributed by atoms with van der Waals surface area (Å²) >= 11 is -2.57. The third kappa shape index (κ3) is 8.59. The van der Waals surface area contributed by atoms with Gasteiger partial charge in [-0.1, -0.05) is 0 Å². The van der Waals surface area contributed by atoms with E-state index in [-0.39, 0.29) is 6.09 Å². The molecule has 1 aliphatic heterocycles. The van der Waals surface area contributed by atoms with E-state index in [1.807, 2.05) is 20.8 Å². The fourth-order valence-corrected chi connectivity index (χ4v) is 23.4. The molecular weight excluding hydrogens is 467 g/mol. The van der Waals surface area contributed by atoms with Gasteiger partial charge in [-0.05, 0) is 0 Å². The minimum atomic E-state index is -2.57. The molecule has 0 spiro atoms. The van der Waals surface area contributed by atoms with Crippen LogP contribution in [-0.2, 0) is 4.74 Å². The van der Waals surface area contributed by atoms with E-state index in [9.17, 15) is 4.79 Å². The molecule has 0 aromatic heterocycles. The molecule has 1 atom stereocenters. The number of nitrogens with zero attached hydrogens (tertiary/aromatic N) is 2. The minimum absolute atomic E-state index is 0.0709. The van der Waals surface area contributed by atoms with E-state index in [1.54, 1.807) is 0 Å². The van der Waals surface area contributed by atoms with Crippen LogP contribution in [0.5, 0.6) is 0 Å². The van der Waals surface area contributed by atoms with Crippen LogP contribution in [0.15, 0.2) is 0 Å². The molecule has 1 amide bonds. The van der Waals surface area contributed by atoms with Gasteiger partial charge in [0.2, 0.25) is 0 Å². The van der Waals surface area contributed by atoms with Crippen molar-refractivity contribution in [1.29, 1.82) is 0 Å². The van der Waals surface area contributed by atoms with Crippen molar-refractivity contribution in [2.45, 2.75) is 129 Å². The zero-order valence-electron chi connectivity index (χ0n) is 20.9. The first-order valence-electron chi connectivity index (χ1n) is 12.3. The van der Waals surface area contributed by atoms with Crippen LogP contribution in [-0.4, -0.2) is 63.2 Å². The van der Waals surface area contributed by atoms with Crippen molar-refractivity contribution < 1.29 is 9.53 Å². The Bertz CT molecular complexity index is 454. The summed E-state index contributed by atoms with van der Waals surface area (Å²) in [4.78, 5) is 18.0. The molecule has 29 heavy (non-hydrogen) atoms. The maximum atomic E-state index is 13.4. The topological polar surface area (TPSA) is 32.8 Å². The van der Waals surface area contributed by atoms with Gasteiger partial charge in [0.15, 0.2) is 0 Å². The fraction of sp³-hybridized carbons (Fsp3) is 0.958. The van der Waals surface area contributed by atoms with Crippen LogP contribution in [0.2, 0.25) is 13.3 Å². The zero-order valence-corrected chi connectivity index (χ0v) is 23.7. The van der Waals surface area contributed by atoms with Gasteiger partial charge in [-0.2, -0.15) is 0 Å². The van der Waals surface area contributed by atoms with Gasteiger partial charge in [0, 0.05) is 0 Å². The van der Waals surface area contributed by atoms with Crippen molar-refractivity contribution in [2.75, 3.05) is 13.2 Å². The third-order valence-corrected chi connectivity index (χ3v) is 23.9. The van der Waals surface area contributed by atoms with Crippen LogP contribution in [0, 0.1) is 0 Å². The molecule has 0 aromatic carbocycles. The molecule has 1 aliphatic rings. The summed E-state index contributed by atoms with van der Waals surface area (Å²) in [5.74, 6) is 0. The molecule has 1 fully saturated rings. The number of carbonyl (C=O) groups excluding carboxylic acids is 1. The van der Waals surface area contributed by atoms with Crippen molar-refractivity contribution in [3.05, 3.63) is 0 Å². The molecule has 0 bridgehead atoms. The van der Waals surface area contributed by atoms with E-state index < -0.39 is 24.0 Å². The molecule has 1 rings (SSSR count). The van der Waals surface area contributed by atoms with Crippen LogP contribution in [0.25, 0.3) is 0 Å². The second-order valence-electron chi connectivity index (χ2n) is 10.5. The molecule has 1 heterocycles. The van der Waals surface area contributed by atoms with Gasteiger partial charge < -0.3 is 0 Å². The Labute approximate surface area is 186 Å². The summed E-state index contributed by atoms with van der Waals surface area (Å²) in [6.07, 6.45) is 8.93. The van der Waals surface area contributed by atoms with E-state index in [1.165, 1.54) is 51.8 Å². The second kappa shape index (κ2) is 12.8. The van der Waals surface area contributed by atoms with Gasteiger partial charge in [0.25, 0.3) is 0 Å². The van der Waals surface area contributed by atoms with E-state index >= 15 is 0 Å². The van der Waals surface area contributed by atoms with Crippen LogP contribution in [0.4, 0.5) is 4.79 Å². The zero-order chi connectivity index (χ0) is 22.1. The van der Waals surface area contributed by atoms with E-state index in [4.69, 9.17) is 4.74 Å². The first-order valence-corrected chi connectivity index (χ1v) is 20.0. The average molecular weight is 517 g/mol. The van der Waals surface area contributed by atoms with E-state index in [0.717, 1.165) is 19.6 Å². The monoisotopic (exact) mass is 518 g/mol. The fourth-order valence-electron chi connectivity index (χ4n) is 4.83. The van der Waals surface area contributed by atoms with E-state index in [2.05, 4.69) is 44.4 Å². The van der Waals surface area contributed by atoms with Gasteiger partial charge in [-0.3, -0.25) is 0 Å². The Balaban J connectivity index is 3.27. The quantitative estimate of drug-likeness (QED) is 0.276. The number of ether oxygens (including phenoxy) is 1. The summed E-state index contributed by atoms with van der Waals surface area (Å²) < 4.78 is 10.8. The summed E-state index contributed by atoms with van der Waals surface area (Å²) in [6.45, 7) is 19.3. The summed E-state index contributed by atoms with van der Waals surface area (Å²) in [5.41, 5.74) is -0.434. The van der Waals surface area contributed by atoms with Crippen LogP contribution >= 0.6 is 0 Å². The molecule has 0 N–H and O–H groups in total.